The van der Waals surface area contributed by atoms with Gasteiger partial charge in [0, 0.05) is 1.37 Å². The average Bonchev–Trinajstić information content (AvgIpc) is 1.88. The lowest BCUT2D eigenvalue weighted by molar-refractivity contribution is -0.142. The minimum Gasteiger partial charge on any atom is -0.481 e. The van der Waals surface area contributed by atoms with Crippen molar-refractivity contribution in [3.05, 3.63) is 0 Å². The smallest absolute Gasteiger partial charge is 0.306 e. The van der Waals surface area contributed by atoms with Crippen LogP contribution in [0.3, 0.4) is 0 Å². The average molecular weight is 129 g/mol. The summed E-state index contributed by atoms with van der Waals surface area (Å²) in [5, 5.41) is 8.59. The van der Waals surface area contributed by atoms with Gasteiger partial charge in [0.25, 0.3) is 0 Å². The molecule has 0 aromatic carbocycles. The van der Waals surface area contributed by atoms with Crippen molar-refractivity contribution in [2.45, 2.75) is 32.1 Å². The minimum absolute atomic E-state index is 0.355. The predicted molar refractivity (Wildman–Crippen MR) is 34.2 cm³/mol. The highest BCUT2D eigenvalue weighted by molar-refractivity contribution is 5.69. The van der Waals surface area contributed by atoms with Gasteiger partial charge in [-0.15, -0.1) is 0 Å². The molecule has 1 rings (SSSR count). The van der Waals surface area contributed by atoms with E-state index in [1.54, 1.807) is 0 Å². The van der Waals surface area contributed by atoms with Crippen LogP contribution >= 0.6 is 0 Å². The number of hydrogen-bond acceptors (Lipinski definition) is 1. The maximum Gasteiger partial charge on any atom is 0.306 e. The predicted octanol–water partition coefficient (Wildman–Crippen LogP) is 1.65. The quantitative estimate of drug-likeness (QED) is 0.584. The van der Waals surface area contributed by atoms with Crippen LogP contribution in [0.2, 0.25) is 0 Å². The lowest BCUT2D eigenvalue weighted by Crippen LogP contribution is -2.16. The fraction of sp³-hybridized carbons (Fsp3) is 0.857. The molecule has 0 aliphatic heterocycles. The zero-order valence-corrected chi connectivity index (χ0v) is 5.34. The zero-order chi connectivity index (χ0) is 7.56. The van der Waals surface area contributed by atoms with Crippen LogP contribution in [0.5, 0.6) is 0 Å². The summed E-state index contributed by atoms with van der Waals surface area (Å²) in [6.45, 7) is 0. The molecule has 0 aromatic heterocycles. The van der Waals surface area contributed by atoms with E-state index in [-0.39, 0.29) is 6.40 Å². The maximum absolute atomic E-state index is 10.4. The van der Waals surface area contributed by atoms with E-state index in [0.29, 0.717) is 6.42 Å². The van der Waals surface area contributed by atoms with E-state index >= 15 is 0 Å². The molecule has 0 amide bonds. The molecule has 0 radical (unpaired) electrons. The summed E-state index contributed by atoms with van der Waals surface area (Å²) >= 11 is 0. The highest BCUT2D eigenvalue weighted by Gasteiger charge is 2.19. The lowest BCUT2D eigenvalue weighted by atomic mass is 9.90. The van der Waals surface area contributed by atoms with Crippen molar-refractivity contribution < 1.29 is 11.3 Å². The van der Waals surface area contributed by atoms with Crippen molar-refractivity contribution in [1.82, 2.24) is 0 Å². The first-order chi connectivity index (χ1) is 4.72. The summed E-state index contributed by atoms with van der Waals surface area (Å²) in [5.41, 5.74) is 0. The van der Waals surface area contributed by atoms with Gasteiger partial charge in [-0.25, -0.2) is 0 Å². The molecule has 0 aromatic rings. The molecule has 1 fully saturated rings. The Morgan fingerprint density at radius 3 is 2.78 bits per heavy atom. The van der Waals surface area contributed by atoms with Gasteiger partial charge in [-0.05, 0) is 12.8 Å². The molecular weight excluding hydrogens is 116 g/mol. The van der Waals surface area contributed by atoms with Crippen LogP contribution in [0.4, 0.5) is 0 Å². The van der Waals surface area contributed by atoms with E-state index in [2.05, 4.69) is 0 Å². The largest absolute Gasteiger partial charge is 0.481 e. The van der Waals surface area contributed by atoms with Gasteiger partial charge in [-0.1, -0.05) is 19.3 Å². The molecule has 1 saturated carbocycles. The fourth-order valence-corrected chi connectivity index (χ4v) is 1.17. The second-order valence-corrected chi connectivity index (χ2v) is 2.46. The number of carboxylic acid groups (broad SMARTS) is 1. The Balaban J connectivity index is 2.47. The molecule has 0 heterocycles. The summed E-state index contributed by atoms with van der Waals surface area (Å²) in [5.74, 6) is -1.19. The summed E-state index contributed by atoms with van der Waals surface area (Å²) in [7, 11) is 0. The molecule has 9 heavy (non-hydrogen) atoms. The molecule has 1 aliphatic carbocycles. The highest BCUT2D eigenvalue weighted by Crippen LogP contribution is 2.23. The molecule has 0 saturated heterocycles. The van der Waals surface area contributed by atoms with Gasteiger partial charge < -0.3 is 5.11 Å². The van der Waals surface area contributed by atoms with E-state index in [4.69, 9.17) is 6.48 Å². The van der Waals surface area contributed by atoms with Gasteiger partial charge in [-0.2, -0.15) is 0 Å². The Morgan fingerprint density at radius 2 is 2.33 bits per heavy atom. The number of aliphatic carboxylic acids is 1. The third-order valence-corrected chi connectivity index (χ3v) is 1.74. The second kappa shape index (κ2) is 2.85. The van der Waals surface area contributed by atoms with Gasteiger partial charge in [0.2, 0.25) is 0 Å². The van der Waals surface area contributed by atoms with Crippen molar-refractivity contribution in [2.75, 3.05) is 0 Å². The fourth-order valence-electron chi connectivity index (χ4n) is 1.17. The summed E-state index contributed by atoms with van der Waals surface area (Å²) in [6, 6.07) is 0. The summed E-state index contributed by atoms with van der Waals surface area (Å²) in [4.78, 5) is 10.4. The van der Waals surface area contributed by atoms with E-state index in [1.807, 2.05) is 0 Å². The van der Waals surface area contributed by atoms with Gasteiger partial charge in [-0.3, -0.25) is 4.79 Å². The normalized spacial score (nSPS) is 37.6. The van der Waals surface area contributed by atoms with Crippen molar-refractivity contribution in [3.8, 4) is 0 Å². The van der Waals surface area contributed by atoms with Crippen LogP contribution in [0.25, 0.3) is 0 Å². The first-order valence-electron chi connectivity index (χ1n) is 3.94. The van der Waals surface area contributed by atoms with Crippen LogP contribution in [-0.4, -0.2) is 11.1 Å². The van der Waals surface area contributed by atoms with Crippen molar-refractivity contribution in [2.24, 2.45) is 5.92 Å². The number of carboxylic acids is 1. The Kier molecular flexibility index (Phi) is 1.67. The molecule has 0 spiro atoms. The maximum atomic E-state index is 10.4. The molecule has 1 aliphatic rings. The highest BCUT2D eigenvalue weighted by atomic mass is 16.4. The molecule has 1 N–H and O–H groups in total. The van der Waals surface area contributed by atoms with Gasteiger partial charge in [0.1, 0.15) is 0 Å². The van der Waals surface area contributed by atoms with Gasteiger partial charge in [0.05, 0.1) is 5.92 Å². The monoisotopic (exact) mass is 129 g/mol. The van der Waals surface area contributed by atoms with Crippen LogP contribution in [0.15, 0.2) is 0 Å². The van der Waals surface area contributed by atoms with Gasteiger partial charge >= 0.3 is 5.97 Å². The third-order valence-electron chi connectivity index (χ3n) is 1.74. The van der Waals surface area contributed by atoms with E-state index in [9.17, 15) is 4.79 Å². The van der Waals surface area contributed by atoms with Crippen LogP contribution in [0, 0.1) is 5.92 Å². The van der Waals surface area contributed by atoms with Crippen molar-refractivity contribution in [3.63, 3.8) is 0 Å². The Labute approximate surface area is 56.3 Å². The zero-order valence-electron chi connectivity index (χ0n) is 6.34. The van der Waals surface area contributed by atoms with Crippen molar-refractivity contribution >= 4 is 5.97 Å². The Bertz CT molecular complexity index is 136. The molecule has 0 bridgehead atoms. The minimum atomic E-state index is -0.792. The van der Waals surface area contributed by atoms with Crippen LogP contribution < -0.4 is 0 Å². The molecule has 2 heteroatoms. The summed E-state index contributed by atoms with van der Waals surface area (Å²) < 4.78 is 7.38. The molecular formula is C7H12O2. The number of rotatable bonds is 1. The standard InChI is InChI=1S/C7H12O2/c8-7(9)6-4-2-1-3-5-6/h6H,1-5H2,(H,8,9)/i4D. The summed E-state index contributed by atoms with van der Waals surface area (Å²) in [6.07, 6.45) is 3.11. The SMILES string of the molecule is [2H]C1CCCCC1C(=O)O. The molecule has 52 valence electrons. The Hall–Kier alpha value is -0.530. The van der Waals surface area contributed by atoms with E-state index in [1.165, 1.54) is 0 Å². The van der Waals surface area contributed by atoms with Crippen LogP contribution in [-0.2, 0) is 4.79 Å². The Morgan fingerprint density at radius 1 is 1.56 bits per heavy atom. The van der Waals surface area contributed by atoms with Crippen LogP contribution in [0.1, 0.15) is 33.5 Å². The molecule has 2 unspecified atom stereocenters. The van der Waals surface area contributed by atoms with Gasteiger partial charge in [0.15, 0.2) is 0 Å². The van der Waals surface area contributed by atoms with E-state index < -0.39 is 11.9 Å². The third kappa shape index (κ3) is 1.70. The van der Waals surface area contributed by atoms with E-state index in [0.717, 1.165) is 19.3 Å². The first-order valence-corrected chi connectivity index (χ1v) is 3.37. The topological polar surface area (TPSA) is 37.3 Å². The molecule has 2 atom stereocenters. The number of hydrogen-bond donors (Lipinski definition) is 1. The lowest BCUT2D eigenvalue weighted by Gasteiger charge is -2.16. The molecule has 2 nitrogen and oxygen atoms in total. The number of carbonyl (C=O) groups is 1. The second-order valence-electron chi connectivity index (χ2n) is 2.46. The van der Waals surface area contributed by atoms with Crippen molar-refractivity contribution in [1.29, 1.82) is 0 Å². The first kappa shape index (κ1) is 5.27.